The van der Waals surface area contributed by atoms with Crippen LogP contribution in [0.5, 0.6) is 0 Å². The third-order valence-corrected chi connectivity index (χ3v) is 4.61. The molecule has 3 N–H and O–H groups in total. The third-order valence-electron chi connectivity index (χ3n) is 1.29. The Labute approximate surface area is 91.4 Å². The first-order valence-electron chi connectivity index (χ1n) is 3.57. The zero-order valence-corrected chi connectivity index (χ0v) is 10.3. The highest BCUT2D eigenvalue weighted by atomic mass is 32.2. The minimum atomic E-state index is -3.85. The van der Waals surface area contributed by atoms with Crippen molar-refractivity contribution in [1.82, 2.24) is 4.98 Å². The van der Waals surface area contributed by atoms with Crippen molar-refractivity contribution in [3.63, 3.8) is 0 Å². The number of anilines is 1. The molecule has 0 saturated carbocycles. The molecule has 86 valence electrons. The van der Waals surface area contributed by atoms with Crippen LogP contribution in [0.2, 0.25) is 0 Å². The van der Waals surface area contributed by atoms with E-state index in [9.17, 15) is 16.8 Å². The van der Waals surface area contributed by atoms with E-state index in [0.717, 1.165) is 6.26 Å². The predicted octanol–water partition coefficient (Wildman–Crippen LogP) is -0.530. The van der Waals surface area contributed by atoms with Gasteiger partial charge in [-0.25, -0.2) is 27.0 Å². The monoisotopic (exact) mass is 271 g/mol. The Morgan fingerprint density at radius 3 is 2.20 bits per heavy atom. The van der Waals surface area contributed by atoms with Crippen molar-refractivity contribution in [2.24, 2.45) is 5.14 Å². The van der Waals surface area contributed by atoms with E-state index in [1.165, 1.54) is 6.92 Å². The molecule has 1 aromatic heterocycles. The SMILES string of the molecule is Cc1nc(NS(C)(=O)=O)sc1S(N)(=O)=O. The first-order chi connectivity index (χ1) is 6.59. The number of aromatic nitrogens is 1. The molecule has 7 nitrogen and oxygen atoms in total. The minimum absolute atomic E-state index is 0.0148. The average Bonchev–Trinajstić information content (AvgIpc) is 2.25. The maximum Gasteiger partial charge on any atom is 0.249 e. The summed E-state index contributed by atoms with van der Waals surface area (Å²) in [7, 11) is -7.31. The maximum atomic E-state index is 11.0. The van der Waals surface area contributed by atoms with Gasteiger partial charge >= 0.3 is 0 Å². The smallest absolute Gasteiger partial charge is 0.249 e. The van der Waals surface area contributed by atoms with Crippen molar-refractivity contribution >= 4 is 36.5 Å². The maximum absolute atomic E-state index is 11.0. The standard InChI is InChI=1S/C5H9N3O4S3/c1-3-4(15(6,11)12)13-5(7-3)8-14(2,9)10/h1-2H3,(H,7,8)(H2,6,11,12). The van der Waals surface area contributed by atoms with Crippen molar-refractivity contribution in [2.75, 3.05) is 11.0 Å². The lowest BCUT2D eigenvalue weighted by Crippen LogP contribution is -2.11. The molecule has 1 rings (SSSR count). The van der Waals surface area contributed by atoms with Crippen LogP contribution in [0, 0.1) is 6.92 Å². The van der Waals surface area contributed by atoms with Crippen molar-refractivity contribution in [3.8, 4) is 0 Å². The summed E-state index contributed by atoms with van der Waals surface area (Å²) in [6, 6.07) is 0. The van der Waals surface area contributed by atoms with Crippen LogP contribution < -0.4 is 9.86 Å². The number of aryl methyl sites for hydroxylation is 1. The summed E-state index contributed by atoms with van der Waals surface area (Å²) < 4.78 is 45.6. The van der Waals surface area contributed by atoms with Crippen LogP contribution in [0.15, 0.2) is 4.21 Å². The number of nitrogens with one attached hydrogen (secondary N) is 1. The van der Waals surface area contributed by atoms with Crippen molar-refractivity contribution in [1.29, 1.82) is 0 Å². The number of thiazole rings is 1. The lowest BCUT2D eigenvalue weighted by Gasteiger charge is -1.95. The molecule has 0 radical (unpaired) electrons. The third kappa shape index (κ3) is 3.41. The molecule has 0 aromatic carbocycles. The van der Waals surface area contributed by atoms with E-state index in [2.05, 4.69) is 9.71 Å². The molecule has 0 spiro atoms. The largest absolute Gasteiger partial charge is 0.259 e. The van der Waals surface area contributed by atoms with Crippen molar-refractivity contribution in [2.45, 2.75) is 11.1 Å². The predicted molar refractivity (Wildman–Crippen MR) is 56.7 cm³/mol. The number of sulfonamides is 2. The molecule has 1 heterocycles. The normalized spacial score (nSPS) is 12.7. The van der Waals surface area contributed by atoms with E-state index in [-0.39, 0.29) is 15.0 Å². The summed E-state index contributed by atoms with van der Waals surface area (Å²) in [5, 5.41) is 4.89. The summed E-state index contributed by atoms with van der Waals surface area (Å²) in [6.07, 6.45) is 0.945. The van der Waals surface area contributed by atoms with Gasteiger partial charge in [0.25, 0.3) is 0 Å². The topological polar surface area (TPSA) is 119 Å². The number of primary sulfonamides is 1. The summed E-state index contributed by atoms with van der Waals surface area (Å²) in [5.41, 5.74) is 0.175. The van der Waals surface area contributed by atoms with Gasteiger partial charge in [-0.3, -0.25) is 4.72 Å². The number of nitrogens with two attached hydrogens (primary N) is 1. The number of nitrogens with zero attached hydrogens (tertiary/aromatic N) is 1. The molecule has 15 heavy (non-hydrogen) atoms. The molecule has 0 fully saturated rings. The quantitative estimate of drug-likeness (QED) is 0.766. The molecule has 0 saturated heterocycles. The Morgan fingerprint density at radius 2 is 1.87 bits per heavy atom. The van der Waals surface area contributed by atoms with Gasteiger partial charge in [-0.15, -0.1) is 0 Å². The molecule has 0 aliphatic heterocycles. The second kappa shape index (κ2) is 3.70. The molecule has 0 aliphatic carbocycles. The Hall–Kier alpha value is -0.710. The van der Waals surface area contributed by atoms with E-state index in [0.29, 0.717) is 11.3 Å². The highest BCUT2D eigenvalue weighted by molar-refractivity contribution is 7.92. The zero-order chi connectivity index (χ0) is 11.9. The van der Waals surface area contributed by atoms with E-state index in [1.54, 1.807) is 0 Å². The molecular weight excluding hydrogens is 262 g/mol. The van der Waals surface area contributed by atoms with Gasteiger partial charge in [0.05, 0.1) is 11.9 Å². The van der Waals surface area contributed by atoms with Crippen LogP contribution >= 0.6 is 11.3 Å². The minimum Gasteiger partial charge on any atom is -0.259 e. The van der Waals surface area contributed by atoms with Crippen LogP contribution in [0.3, 0.4) is 0 Å². The van der Waals surface area contributed by atoms with E-state index in [4.69, 9.17) is 5.14 Å². The summed E-state index contributed by atoms with van der Waals surface area (Å²) >= 11 is 0.679. The molecular formula is C5H9N3O4S3. The first-order valence-corrected chi connectivity index (χ1v) is 7.83. The Bertz CT molecular complexity index is 571. The van der Waals surface area contributed by atoms with Gasteiger partial charge in [-0.1, -0.05) is 11.3 Å². The average molecular weight is 271 g/mol. The highest BCUT2D eigenvalue weighted by Gasteiger charge is 2.18. The van der Waals surface area contributed by atoms with Crippen molar-refractivity contribution in [3.05, 3.63) is 5.69 Å². The molecule has 0 unspecified atom stereocenters. The molecule has 0 aliphatic rings. The van der Waals surface area contributed by atoms with Crippen LogP contribution in [-0.4, -0.2) is 28.1 Å². The van der Waals surface area contributed by atoms with Gasteiger partial charge in [-0.05, 0) is 6.92 Å². The summed E-state index contributed by atoms with van der Waals surface area (Å²) in [4.78, 5) is 3.73. The fraction of sp³-hybridized carbons (Fsp3) is 0.400. The fourth-order valence-electron chi connectivity index (χ4n) is 0.849. The van der Waals surface area contributed by atoms with Gasteiger partial charge < -0.3 is 0 Å². The van der Waals surface area contributed by atoms with Gasteiger partial charge in [0.1, 0.15) is 0 Å². The van der Waals surface area contributed by atoms with Crippen LogP contribution in [0.1, 0.15) is 5.69 Å². The van der Waals surface area contributed by atoms with Gasteiger partial charge in [0.15, 0.2) is 9.34 Å². The van der Waals surface area contributed by atoms with Gasteiger partial charge in [0.2, 0.25) is 20.0 Å². The number of hydrogen-bond donors (Lipinski definition) is 2. The molecule has 0 atom stereocenters. The number of hydrogen-bond acceptors (Lipinski definition) is 6. The van der Waals surface area contributed by atoms with Gasteiger partial charge in [0, 0.05) is 0 Å². The van der Waals surface area contributed by atoms with E-state index in [1.807, 2.05) is 0 Å². The van der Waals surface area contributed by atoms with Crippen LogP contribution in [-0.2, 0) is 20.0 Å². The Balaban J connectivity index is 3.19. The lowest BCUT2D eigenvalue weighted by atomic mass is 10.6. The molecule has 1 aromatic rings. The second-order valence-electron chi connectivity index (χ2n) is 2.81. The van der Waals surface area contributed by atoms with Crippen molar-refractivity contribution < 1.29 is 16.8 Å². The van der Waals surface area contributed by atoms with Gasteiger partial charge in [-0.2, -0.15) is 0 Å². The first kappa shape index (κ1) is 12.4. The highest BCUT2D eigenvalue weighted by Crippen LogP contribution is 2.26. The summed E-state index contributed by atoms with van der Waals surface area (Å²) in [5.74, 6) is 0. The Morgan fingerprint density at radius 1 is 1.33 bits per heavy atom. The fourth-order valence-corrected chi connectivity index (χ4v) is 3.54. The zero-order valence-electron chi connectivity index (χ0n) is 7.88. The molecule has 0 amide bonds. The Kier molecular flexibility index (Phi) is 3.05. The summed E-state index contributed by atoms with van der Waals surface area (Å²) in [6.45, 7) is 1.43. The van der Waals surface area contributed by atoms with E-state index >= 15 is 0 Å². The molecule has 10 heteroatoms. The van der Waals surface area contributed by atoms with E-state index < -0.39 is 20.0 Å². The second-order valence-corrected chi connectivity index (χ2v) is 7.32. The van der Waals surface area contributed by atoms with Crippen LogP contribution in [0.4, 0.5) is 5.13 Å². The van der Waals surface area contributed by atoms with Crippen LogP contribution in [0.25, 0.3) is 0 Å². The molecule has 0 bridgehead atoms. The lowest BCUT2D eigenvalue weighted by molar-refractivity contribution is 0.598. The number of rotatable bonds is 3.